The van der Waals surface area contributed by atoms with E-state index in [0.717, 1.165) is 61.3 Å². The topological polar surface area (TPSA) is 82.5 Å². The zero-order valence-corrected chi connectivity index (χ0v) is 22.6. The third-order valence-electron chi connectivity index (χ3n) is 6.09. The number of nitrogens with zero attached hydrogens (tertiary/aromatic N) is 2. The van der Waals surface area contributed by atoms with Gasteiger partial charge in [-0.15, -0.1) is 0 Å². The minimum Gasteiger partial charge on any atom is -0.469 e. The van der Waals surface area contributed by atoms with Gasteiger partial charge in [-0.05, 0) is 42.7 Å². The monoisotopic (exact) mass is 525 g/mol. The highest BCUT2D eigenvalue weighted by atomic mass is 35.5. The van der Waals surface area contributed by atoms with E-state index in [4.69, 9.17) is 26.1 Å². The Hall–Kier alpha value is -3.32. The van der Waals surface area contributed by atoms with Gasteiger partial charge in [0.25, 0.3) is 0 Å². The molecule has 0 spiro atoms. The van der Waals surface area contributed by atoms with Crippen molar-refractivity contribution in [2.45, 2.75) is 65.3 Å². The predicted molar refractivity (Wildman–Crippen MR) is 146 cm³/mol. The fourth-order valence-corrected chi connectivity index (χ4v) is 4.29. The molecule has 0 atom stereocenters. The average Bonchev–Trinajstić information content (AvgIpc) is 3.31. The van der Waals surface area contributed by atoms with Gasteiger partial charge in [0, 0.05) is 12.1 Å². The average molecular weight is 526 g/mol. The summed E-state index contributed by atoms with van der Waals surface area (Å²) in [4.78, 5) is 29.1. The number of anilines is 1. The summed E-state index contributed by atoms with van der Waals surface area (Å²) in [6.07, 6.45) is 7.89. The first kappa shape index (κ1) is 28.3. The van der Waals surface area contributed by atoms with E-state index in [1.807, 2.05) is 42.6 Å². The molecular weight excluding hydrogens is 490 g/mol. The zero-order chi connectivity index (χ0) is 26.6. The number of aryl methyl sites for hydroxylation is 1. The second-order valence-corrected chi connectivity index (χ2v) is 9.29. The van der Waals surface area contributed by atoms with Crippen molar-refractivity contribution >= 4 is 29.2 Å². The first-order valence-corrected chi connectivity index (χ1v) is 13.3. The van der Waals surface area contributed by atoms with Gasteiger partial charge >= 0.3 is 11.9 Å². The molecule has 7 nitrogen and oxygen atoms in total. The summed E-state index contributed by atoms with van der Waals surface area (Å²) in [6, 6.07) is 13.2. The molecule has 3 aromatic rings. The minimum absolute atomic E-state index is 0.226. The molecule has 0 aliphatic heterocycles. The summed E-state index contributed by atoms with van der Waals surface area (Å²) >= 11 is 6.40. The summed E-state index contributed by atoms with van der Waals surface area (Å²) in [6.45, 7) is 5.06. The number of carbonyl (C=O) groups excluding carboxylic acids is 2. The second-order valence-electron chi connectivity index (χ2n) is 8.88. The summed E-state index contributed by atoms with van der Waals surface area (Å²) in [5.74, 6) is 0.258. The van der Waals surface area contributed by atoms with Crippen LogP contribution >= 0.6 is 11.6 Å². The Kier molecular flexibility index (Phi) is 11.0. The van der Waals surface area contributed by atoms with Crippen LogP contribution in [0.4, 0.5) is 5.69 Å². The maximum Gasteiger partial charge on any atom is 0.341 e. The Morgan fingerprint density at radius 3 is 2.49 bits per heavy atom. The summed E-state index contributed by atoms with van der Waals surface area (Å²) in [7, 11) is 1.39. The Balaban J connectivity index is 1.83. The molecule has 198 valence electrons. The van der Waals surface area contributed by atoms with E-state index in [2.05, 4.69) is 23.7 Å². The van der Waals surface area contributed by atoms with Gasteiger partial charge in [0.1, 0.15) is 11.4 Å². The standard InChI is InChI=1S/C29H36ClN3O4/c1-4-6-8-17-37-29(35)28-24(30)10-9-11-25(28)31-19-23-20-32-26(12-7-5-2)33(23)22-15-13-21(14-16-22)18-27(34)36-3/h9-11,13-16,20,31H,4-8,12,17-19H2,1-3H3. The lowest BCUT2D eigenvalue weighted by Gasteiger charge is -2.16. The van der Waals surface area contributed by atoms with Crippen LogP contribution in [0.25, 0.3) is 5.69 Å². The number of unbranched alkanes of at least 4 members (excludes halogenated alkanes) is 3. The van der Waals surface area contributed by atoms with Crippen LogP contribution in [0.3, 0.4) is 0 Å². The van der Waals surface area contributed by atoms with Crippen LogP contribution in [0, 0.1) is 0 Å². The third kappa shape index (κ3) is 7.83. The Labute approximate surface area is 224 Å². The fraction of sp³-hybridized carbons (Fsp3) is 0.414. The van der Waals surface area contributed by atoms with Crippen molar-refractivity contribution in [3.05, 3.63) is 76.3 Å². The summed E-state index contributed by atoms with van der Waals surface area (Å²) < 4.78 is 12.4. The molecule has 0 aliphatic rings. The van der Waals surface area contributed by atoms with E-state index < -0.39 is 5.97 Å². The van der Waals surface area contributed by atoms with Crippen LogP contribution in [-0.2, 0) is 33.7 Å². The lowest BCUT2D eigenvalue weighted by molar-refractivity contribution is -0.139. The highest BCUT2D eigenvalue weighted by Crippen LogP contribution is 2.27. The van der Waals surface area contributed by atoms with E-state index in [1.165, 1.54) is 7.11 Å². The van der Waals surface area contributed by atoms with Crippen molar-refractivity contribution in [2.75, 3.05) is 19.0 Å². The van der Waals surface area contributed by atoms with E-state index in [1.54, 1.807) is 6.07 Å². The number of methoxy groups -OCH3 is 1. The van der Waals surface area contributed by atoms with E-state index in [-0.39, 0.29) is 12.4 Å². The molecule has 0 saturated carbocycles. The van der Waals surface area contributed by atoms with Gasteiger partial charge in [-0.25, -0.2) is 9.78 Å². The molecule has 0 saturated heterocycles. The normalized spacial score (nSPS) is 10.8. The molecule has 0 bridgehead atoms. The fourth-order valence-electron chi connectivity index (χ4n) is 4.04. The van der Waals surface area contributed by atoms with Gasteiger partial charge in [-0.3, -0.25) is 9.36 Å². The second kappa shape index (κ2) is 14.4. The quantitative estimate of drug-likeness (QED) is 0.190. The molecule has 37 heavy (non-hydrogen) atoms. The van der Waals surface area contributed by atoms with E-state index in [9.17, 15) is 9.59 Å². The molecule has 0 aliphatic carbocycles. The van der Waals surface area contributed by atoms with Crippen molar-refractivity contribution in [1.29, 1.82) is 0 Å². The number of esters is 2. The number of hydrogen-bond donors (Lipinski definition) is 1. The molecule has 1 aromatic heterocycles. The highest BCUT2D eigenvalue weighted by molar-refractivity contribution is 6.34. The molecule has 2 aromatic carbocycles. The maximum atomic E-state index is 12.8. The predicted octanol–water partition coefficient (Wildman–Crippen LogP) is 6.54. The maximum absolute atomic E-state index is 12.8. The number of rotatable bonds is 14. The lowest BCUT2D eigenvalue weighted by atomic mass is 10.1. The molecule has 3 rings (SSSR count). The number of benzene rings is 2. The molecule has 0 radical (unpaired) electrons. The van der Waals surface area contributed by atoms with Crippen molar-refractivity contribution < 1.29 is 19.1 Å². The van der Waals surface area contributed by atoms with Gasteiger partial charge in [-0.2, -0.15) is 0 Å². The SMILES string of the molecule is CCCCCOC(=O)c1c(Cl)cccc1NCc1cnc(CCCC)n1-c1ccc(CC(=O)OC)cc1. The van der Waals surface area contributed by atoms with Crippen LogP contribution in [0.15, 0.2) is 48.7 Å². The van der Waals surface area contributed by atoms with Crippen LogP contribution < -0.4 is 5.32 Å². The first-order chi connectivity index (χ1) is 18.0. The Morgan fingerprint density at radius 2 is 1.78 bits per heavy atom. The van der Waals surface area contributed by atoms with Gasteiger partial charge in [-0.1, -0.05) is 62.9 Å². The summed E-state index contributed by atoms with van der Waals surface area (Å²) in [5, 5.41) is 3.72. The molecule has 0 unspecified atom stereocenters. The highest BCUT2D eigenvalue weighted by Gasteiger charge is 2.18. The van der Waals surface area contributed by atoms with Gasteiger partial charge in [0.15, 0.2) is 0 Å². The van der Waals surface area contributed by atoms with Crippen LogP contribution in [0.5, 0.6) is 0 Å². The van der Waals surface area contributed by atoms with Crippen LogP contribution in [-0.4, -0.2) is 35.2 Å². The van der Waals surface area contributed by atoms with Crippen molar-refractivity contribution in [3.8, 4) is 5.69 Å². The number of ether oxygens (including phenoxy) is 2. The van der Waals surface area contributed by atoms with Gasteiger partial charge in [0.2, 0.25) is 0 Å². The molecular formula is C29H36ClN3O4. The van der Waals surface area contributed by atoms with Gasteiger partial charge in [0.05, 0.1) is 49.3 Å². The van der Waals surface area contributed by atoms with E-state index in [0.29, 0.717) is 29.4 Å². The number of imidazole rings is 1. The van der Waals surface area contributed by atoms with Crippen LogP contribution in [0.2, 0.25) is 5.02 Å². The Bertz CT molecular complexity index is 1170. The van der Waals surface area contributed by atoms with Crippen molar-refractivity contribution in [1.82, 2.24) is 9.55 Å². The van der Waals surface area contributed by atoms with Crippen LogP contribution in [0.1, 0.15) is 73.4 Å². The molecule has 0 amide bonds. The molecule has 0 fully saturated rings. The number of carbonyl (C=O) groups is 2. The molecule has 8 heteroatoms. The minimum atomic E-state index is -0.428. The zero-order valence-electron chi connectivity index (χ0n) is 21.9. The third-order valence-corrected chi connectivity index (χ3v) is 6.41. The van der Waals surface area contributed by atoms with E-state index >= 15 is 0 Å². The molecule has 1 N–H and O–H groups in total. The largest absolute Gasteiger partial charge is 0.469 e. The number of halogens is 1. The number of aromatic nitrogens is 2. The molecule has 1 heterocycles. The number of nitrogens with one attached hydrogen (secondary N) is 1. The lowest BCUT2D eigenvalue weighted by Crippen LogP contribution is -2.13. The smallest absolute Gasteiger partial charge is 0.341 e. The van der Waals surface area contributed by atoms with Gasteiger partial charge < -0.3 is 14.8 Å². The number of hydrogen-bond acceptors (Lipinski definition) is 6. The Morgan fingerprint density at radius 1 is 1.03 bits per heavy atom. The van der Waals surface area contributed by atoms with Crippen molar-refractivity contribution in [2.24, 2.45) is 0 Å². The van der Waals surface area contributed by atoms with Crippen molar-refractivity contribution in [3.63, 3.8) is 0 Å². The summed E-state index contributed by atoms with van der Waals surface area (Å²) in [5.41, 5.74) is 3.73. The first-order valence-electron chi connectivity index (χ1n) is 12.9.